The predicted octanol–water partition coefficient (Wildman–Crippen LogP) is 5.38. The van der Waals surface area contributed by atoms with Gasteiger partial charge in [-0.1, -0.05) is 47.5 Å². The van der Waals surface area contributed by atoms with Crippen molar-refractivity contribution in [2.45, 2.75) is 31.2 Å². The molecule has 1 amide bonds. The number of nitrogens with two attached hydrogens (primary N) is 1. The van der Waals surface area contributed by atoms with Crippen molar-refractivity contribution in [3.8, 4) is 0 Å². The van der Waals surface area contributed by atoms with E-state index in [9.17, 15) is 9.18 Å². The second-order valence-corrected chi connectivity index (χ2v) is 10.3. The number of carbonyl (C=O) groups excluding carboxylic acids is 1. The molecule has 1 fully saturated rings. The number of anilines is 1. The maximum absolute atomic E-state index is 14.6. The summed E-state index contributed by atoms with van der Waals surface area (Å²) in [5, 5.41) is 7.89. The summed E-state index contributed by atoms with van der Waals surface area (Å²) in [6.07, 6.45) is 7.08. The fraction of sp³-hybridized carbons (Fsp3) is 0.333. The van der Waals surface area contributed by atoms with Gasteiger partial charge in [-0.05, 0) is 72.2 Å². The second-order valence-electron chi connectivity index (χ2n) is 9.39. The first-order valence-corrected chi connectivity index (χ1v) is 12.5. The zero-order valence-electron chi connectivity index (χ0n) is 19.3. The van der Waals surface area contributed by atoms with Crippen molar-refractivity contribution in [2.75, 3.05) is 18.4 Å². The van der Waals surface area contributed by atoms with Gasteiger partial charge in [0.25, 0.3) is 0 Å². The van der Waals surface area contributed by atoms with Gasteiger partial charge in [0.15, 0.2) is 0 Å². The number of halogens is 3. The normalized spacial score (nSPS) is 28.6. The van der Waals surface area contributed by atoms with Crippen LogP contribution in [-0.2, 0) is 10.2 Å². The summed E-state index contributed by atoms with van der Waals surface area (Å²) in [7, 11) is 0. The highest BCUT2D eigenvalue weighted by Gasteiger charge is 2.61. The molecule has 1 unspecified atom stereocenters. The third-order valence-corrected chi connectivity index (χ3v) is 7.90. The Morgan fingerprint density at radius 1 is 1.20 bits per heavy atom. The molecule has 4 N–H and O–H groups in total. The average molecular weight is 513 g/mol. The summed E-state index contributed by atoms with van der Waals surface area (Å²) in [4.78, 5) is 18.8. The molecule has 3 aliphatic rings. The molecule has 4 atom stereocenters. The van der Waals surface area contributed by atoms with Gasteiger partial charge in [0, 0.05) is 28.7 Å². The number of nitrogens with zero attached hydrogens (tertiary/aromatic N) is 1. The number of allylic oxidation sites excluding steroid dienone is 4. The number of carbonyl (C=O) groups is 1. The Morgan fingerprint density at radius 2 is 2.03 bits per heavy atom. The van der Waals surface area contributed by atoms with Crippen molar-refractivity contribution in [1.82, 2.24) is 5.32 Å². The third kappa shape index (κ3) is 4.07. The van der Waals surface area contributed by atoms with Crippen LogP contribution in [0.3, 0.4) is 0 Å². The van der Waals surface area contributed by atoms with Crippen LogP contribution in [0.1, 0.15) is 35.6 Å². The van der Waals surface area contributed by atoms with Gasteiger partial charge in [-0.25, -0.2) is 4.39 Å². The zero-order chi connectivity index (χ0) is 24.7. The number of fused-ring (bicyclic) bond motifs is 2. The van der Waals surface area contributed by atoms with E-state index in [4.69, 9.17) is 33.9 Å². The molecule has 2 aromatic rings. The largest absolute Gasteiger partial charge is 0.366 e. The molecule has 35 heavy (non-hydrogen) atoms. The molecule has 5 rings (SSSR count). The molecule has 2 aromatic carbocycles. The number of amides is 1. The number of aryl methyl sites for hydroxylation is 1. The molecule has 5 nitrogen and oxygen atoms in total. The van der Waals surface area contributed by atoms with Crippen LogP contribution in [0.2, 0.25) is 5.02 Å². The summed E-state index contributed by atoms with van der Waals surface area (Å²) >= 11 is 12.8. The minimum absolute atomic E-state index is 0.0265. The van der Waals surface area contributed by atoms with E-state index in [1.165, 1.54) is 12.1 Å². The van der Waals surface area contributed by atoms with Gasteiger partial charge in [-0.15, -0.1) is 0 Å². The van der Waals surface area contributed by atoms with Crippen LogP contribution < -0.4 is 16.4 Å². The van der Waals surface area contributed by atoms with Gasteiger partial charge in [0.1, 0.15) is 11.2 Å². The lowest BCUT2D eigenvalue weighted by molar-refractivity contribution is -0.125. The molecular weight excluding hydrogens is 486 g/mol. The highest BCUT2D eigenvalue weighted by Crippen LogP contribution is 2.57. The summed E-state index contributed by atoms with van der Waals surface area (Å²) in [5.41, 5.74) is 7.83. The first kappa shape index (κ1) is 24.0. The summed E-state index contributed by atoms with van der Waals surface area (Å²) < 4.78 is 14.6. The standard InChI is InChI=1S/C27H27Cl2FN4O/c1-15-5-7-19(30)13-20(15)25-27(21-8-6-18(29)12-23(21)33-26(27)35)22(14-24(34-25)32-10-9-31)16-3-2-4-17(28)11-16/h2-8,12-13,16,22,25H,9-11,14,31H2,1H3,(H,32,34)(H,33,35)/t16?,22-,25+,27-/m0/s1. The van der Waals surface area contributed by atoms with Crippen LogP contribution in [0.5, 0.6) is 0 Å². The molecule has 0 saturated carbocycles. The first-order valence-electron chi connectivity index (χ1n) is 11.7. The number of nitrogens with one attached hydrogen (secondary N) is 2. The Hall–Kier alpha value is -2.67. The minimum Gasteiger partial charge on any atom is -0.366 e. The molecule has 182 valence electrons. The molecule has 2 heterocycles. The second kappa shape index (κ2) is 9.41. The maximum Gasteiger partial charge on any atom is 0.237 e. The molecule has 0 bridgehead atoms. The van der Waals surface area contributed by atoms with E-state index in [2.05, 4.69) is 16.7 Å². The number of hydrogen-bond acceptors (Lipinski definition) is 3. The van der Waals surface area contributed by atoms with E-state index < -0.39 is 11.5 Å². The maximum atomic E-state index is 14.6. The fourth-order valence-electron chi connectivity index (χ4n) is 5.89. The SMILES string of the molecule is Cc1ccc(F)cc1[C@H]1NC(=NCCN)C[C@@H](C2C=CC=C(Cl)C2)[C@]12C(=O)Nc1cc(Cl)ccc12. The lowest BCUT2D eigenvalue weighted by atomic mass is 9.56. The number of rotatable bonds is 4. The lowest BCUT2D eigenvalue weighted by Crippen LogP contribution is -2.59. The topological polar surface area (TPSA) is 79.5 Å². The van der Waals surface area contributed by atoms with Crippen molar-refractivity contribution in [2.24, 2.45) is 22.6 Å². The van der Waals surface area contributed by atoms with Crippen LogP contribution in [-0.4, -0.2) is 24.8 Å². The summed E-state index contributed by atoms with van der Waals surface area (Å²) in [5.74, 6) is 0.0331. The summed E-state index contributed by atoms with van der Waals surface area (Å²) in [6.45, 7) is 2.79. The van der Waals surface area contributed by atoms with E-state index in [0.717, 1.165) is 27.6 Å². The Kier molecular flexibility index (Phi) is 6.47. The van der Waals surface area contributed by atoms with Gasteiger partial charge in [-0.3, -0.25) is 9.79 Å². The van der Waals surface area contributed by atoms with Gasteiger partial charge >= 0.3 is 0 Å². The molecule has 1 aliphatic carbocycles. The predicted molar refractivity (Wildman–Crippen MR) is 139 cm³/mol. The Bertz CT molecular complexity index is 1270. The van der Waals surface area contributed by atoms with Gasteiger partial charge in [0.2, 0.25) is 5.91 Å². The first-order chi connectivity index (χ1) is 16.8. The van der Waals surface area contributed by atoms with E-state index in [-0.39, 0.29) is 23.6 Å². The van der Waals surface area contributed by atoms with E-state index in [1.54, 1.807) is 18.2 Å². The summed E-state index contributed by atoms with van der Waals surface area (Å²) in [6, 6.07) is 9.63. The fourth-order valence-corrected chi connectivity index (χ4v) is 6.31. The van der Waals surface area contributed by atoms with E-state index >= 15 is 0 Å². The minimum atomic E-state index is -1.04. The molecular formula is C27H27Cl2FN4O. The van der Waals surface area contributed by atoms with Crippen LogP contribution in [0.15, 0.2) is 64.7 Å². The van der Waals surface area contributed by atoms with Crippen LogP contribution in [0.4, 0.5) is 10.1 Å². The molecule has 8 heteroatoms. The lowest BCUT2D eigenvalue weighted by Gasteiger charge is -2.50. The molecule has 2 aliphatic heterocycles. The van der Waals surface area contributed by atoms with Crippen molar-refractivity contribution < 1.29 is 9.18 Å². The van der Waals surface area contributed by atoms with Crippen molar-refractivity contribution in [3.63, 3.8) is 0 Å². The van der Waals surface area contributed by atoms with Crippen LogP contribution in [0.25, 0.3) is 0 Å². The van der Waals surface area contributed by atoms with E-state index in [0.29, 0.717) is 36.6 Å². The zero-order valence-corrected chi connectivity index (χ0v) is 20.8. The van der Waals surface area contributed by atoms with Gasteiger partial charge in [-0.2, -0.15) is 0 Å². The van der Waals surface area contributed by atoms with Crippen molar-refractivity contribution in [3.05, 3.63) is 87.2 Å². The quantitative estimate of drug-likeness (QED) is 0.514. The Morgan fingerprint density at radius 3 is 2.80 bits per heavy atom. The van der Waals surface area contributed by atoms with Crippen molar-refractivity contribution in [1.29, 1.82) is 0 Å². The van der Waals surface area contributed by atoms with Crippen LogP contribution in [0, 0.1) is 24.6 Å². The number of amidine groups is 1. The Balaban J connectivity index is 1.77. The van der Waals surface area contributed by atoms with Gasteiger partial charge < -0.3 is 16.4 Å². The van der Waals surface area contributed by atoms with E-state index in [1.807, 2.05) is 25.1 Å². The molecule has 0 radical (unpaired) electrons. The van der Waals surface area contributed by atoms with Gasteiger partial charge in [0.05, 0.1) is 18.4 Å². The van der Waals surface area contributed by atoms with Crippen LogP contribution >= 0.6 is 23.2 Å². The van der Waals surface area contributed by atoms with Crippen molar-refractivity contribution >= 4 is 40.6 Å². The highest BCUT2D eigenvalue weighted by atomic mass is 35.5. The molecule has 0 aromatic heterocycles. The number of hydrogen-bond donors (Lipinski definition) is 3. The third-order valence-electron chi connectivity index (χ3n) is 7.38. The number of aliphatic imine (C=N–C) groups is 1. The monoisotopic (exact) mass is 512 g/mol. The highest BCUT2D eigenvalue weighted by molar-refractivity contribution is 6.31. The number of piperidine rings is 1. The number of benzene rings is 2. The smallest absolute Gasteiger partial charge is 0.237 e. The molecule has 1 saturated heterocycles. The average Bonchev–Trinajstić information content (AvgIpc) is 3.11. The molecule has 1 spiro atoms. The Labute approximate surface area is 214 Å².